The van der Waals surface area contributed by atoms with Crippen LogP contribution in [0.1, 0.15) is 0 Å². The Morgan fingerprint density at radius 2 is 1.78 bits per heavy atom. The Morgan fingerprint density at radius 3 is 2.56 bits per heavy atom. The summed E-state index contributed by atoms with van der Waals surface area (Å²) < 4.78 is 0. The molecule has 0 amide bonds. The first-order valence-corrected chi connectivity index (χ1v) is 5.89. The molecule has 0 unspecified atom stereocenters. The Hall–Kier alpha value is -1.85. The van der Waals surface area contributed by atoms with Crippen molar-refractivity contribution in [2.45, 2.75) is 0 Å². The predicted molar refractivity (Wildman–Crippen MR) is 71.4 cm³/mol. The number of aromatic nitrogens is 4. The van der Waals surface area contributed by atoms with Crippen molar-refractivity contribution in [3.05, 3.63) is 40.9 Å². The molecule has 0 aliphatic rings. The van der Waals surface area contributed by atoms with Gasteiger partial charge in [0.25, 0.3) is 0 Å². The number of hydrogen-bond acceptors (Lipinski definition) is 4. The third kappa shape index (κ3) is 2.10. The lowest BCUT2D eigenvalue weighted by Crippen LogP contribution is -1.96. The first kappa shape index (κ1) is 11.3. The van der Waals surface area contributed by atoms with E-state index in [1.165, 1.54) is 0 Å². The van der Waals surface area contributed by atoms with Crippen molar-refractivity contribution in [2.24, 2.45) is 0 Å². The van der Waals surface area contributed by atoms with Gasteiger partial charge in [0.05, 0.1) is 0 Å². The van der Waals surface area contributed by atoms with Gasteiger partial charge in [0.1, 0.15) is 5.52 Å². The molecule has 18 heavy (non-hydrogen) atoms. The summed E-state index contributed by atoms with van der Waals surface area (Å²) in [5.41, 5.74) is 1.94. The van der Waals surface area contributed by atoms with Gasteiger partial charge in [-0.2, -0.15) is 15.0 Å². The van der Waals surface area contributed by atoms with Crippen LogP contribution in [0, 0.1) is 0 Å². The van der Waals surface area contributed by atoms with E-state index in [0.717, 1.165) is 5.69 Å². The molecule has 0 atom stereocenters. The standard InChI is InChI=1S/C11H7Cl2N5/c12-10-15-7-8(14-6-4-2-1-3-5-6)16-11(13)18-9(7)17-10/h1-5H,(H2,14,15,16,17,18). The maximum absolute atomic E-state index is 5.84. The maximum atomic E-state index is 5.84. The second kappa shape index (κ2) is 4.44. The molecule has 3 aromatic rings. The number of nitrogens with one attached hydrogen (secondary N) is 2. The summed E-state index contributed by atoms with van der Waals surface area (Å²) >= 11 is 11.6. The van der Waals surface area contributed by atoms with Crippen molar-refractivity contribution >= 4 is 45.9 Å². The smallest absolute Gasteiger partial charge is 0.226 e. The Morgan fingerprint density at radius 1 is 1.00 bits per heavy atom. The van der Waals surface area contributed by atoms with Gasteiger partial charge in [-0.15, -0.1) is 0 Å². The topological polar surface area (TPSA) is 66.5 Å². The Bertz CT molecular complexity index is 695. The molecule has 0 saturated carbocycles. The average Bonchev–Trinajstić information content (AvgIpc) is 2.71. The van der Waals surface area contributed by atoms with E-state index in [0.29, 0.717) is 17.0 Å². The van der Waals surface area contributed by atoms with Gasteiger partial charge >= 0.3 is 0 Å². The first-order chi connectivity index (χ1) is 8.72. The average molecular weight is 280 g/mol. The van der Waals surface area contributed by atoms with Crippen molar-refractivity contribution < 1.29 is 0 Å². The zero-order valence-corrected chi connectivity index (χ0v) is 10.5. The molecule has 2 heterocycles. The molecule has 0 fully saturated rings. The van der Waals surface area contributed by atoms with Crippen LogP contribution >= 0.6 is 23.2 Å². The highest BCUT2D eigenvalue weighted by molar-refractivity contribution is 6.30. The zero-order chi connectivity index (χ0) is 12.5. The third-order valence-corrected chi connectivity index (χ3v) is 2.68. The Balaban J connectivity index is 2.10. The monoisotopic (exact) mass is 279 g/mol. The van der Waals surface area contributed by atoms with Crippen molar-refractivity contribution in [3.63, 3.8) is 0 Å². The Kier molecular flexibility index (Phi) is 2.77. The molecular weight excluding hydrogens is 273 g/mol. The highest BCUT2D eigenvalue weighted by Crippen LogP contribution is 2.24. The van der Waals surface area contributed by atoms with Gasteiger partial charge in [-0.25, -0.2) is 0 Å². The van der Waals surface area contributed by atoms with Crippen molar-refractivity contribution in [1.29, 1.82) is 0 Å². The summed E-state index contributed by atoms with van der Waals surface area (Å²) in [6.07, 6.45) is 0. The lowest BCUT2D eigenvalue weighted by atomic mass is 10.3. The van der Waals surface area contributed by atoms with Gasteiger partial charge in [-0.1, -0.05) is 18.2 Å². The molecule has 0 aliphatic carbocycles. The third-order valence-electron chi connectivity index (χ3n) is 2.33. The minimum atomic E-state index is 0.115. The number of benzene rings is 1. The van der Waals surface area contributed by atoms with E-state index in [4.69, 9.17) is 23.2 Å². The van der Waals surface area contributed by atoms with Gasteiger partial charge in [0.2, 0.25) is 10.6 Å². The number of H-pyrrole nitrogens is 1. The summed E-state index contributed by atoms with van der Waals surface area (Å²) in [5.74, 6) is 0.538. The van der Waals surface area contributed by atoms with Gasteiger partial charge in [-0.3, -0.25) is 0 Å². The fraction of sp³-hybridized carbons (Fsp3) is 0. The lowest BCUT2D eigenvalue weighted by molar-refractivity contribution is 1.20. The van der Waals surface area contributed by atoms with Crippen LogP contribution < -0.4 is 5.32 Å². The minimum Gasteiger partial charge on any atom is -0.338 e. The number of fused-ring (bicyclic) bond motifs is 1. The van der Waals surface area contributed by atoms with Crippen LogP contribution in [0.25, 0.3) is 11.2 Å². The molecule has 0 spiro atoms. The molecule has 90 valence electrons. The van der Waals surface area contributed by atoms with E-state index >= 15 is 0 Å². The highest BCUT2D eigenvalue weighted by Gasteiger charge is 2.11. The largest absolute Gasteiger partial charge is 0.338 e. The number of imidazole rings is 1. The van der Waals surface area contributed by atoms with E-state index in [2.05, 4.69) is 25.3 Å². The number of aromatic amines is 1. The number of hydrogen-bond donors (Lipinski definition) is 2. The second-order valence-corrected chi connectivity index (χ2v) is 4.25. The van der Waals surface area contributed by atoms with Gasteiger partial charge < -0.3 is 10.3 Å². The molecular formula is C11H7Cl2N5. The molecule has 0 radical (unpaired) electrons. The number of nitrogens with zero attached hydrogens (tertiary/aromatic N) is 3. The van der Waals surface area contributed by atoms with Gasteiger partial charge in [-0.05, 0) is 35.3 Å². The van der Waals surface area contributed by atoms with Crippen LogP contribution in [0.2, 0.25) is 10.6 Å². The molecule has 0 bridgehead atoms. The van der Waals surface area contributed by atoms with Crippen LogP contribution in [-0.4, -0.2) is 19.9 Å². The molecule has 3 rings (SSSR count). The van der Waals surface area contributed by atoms with Crippen LogP contribution in [0.15, 0.2) is 30.3 Å². The first-order valence-electron chi connectivity index (χ1n) is 5.13. The van der Waals surface area contributed by atoms with E-state index in [1.807, 2.05) is 30.3 Å². The second-order valence-electron chi connectivity index (χ2n) is 3.56. The van der Waals surface area contributed by atoms with E-state index in [-0.39, 0.29) is 10.6 Å². The molecule has 2 N–H and O–H groups in total. The molecule has 7 heteroatoms. The van der Waals surface area contributed by atoms with E-state index in [9.17, 15) is 0 Å². The number of para-hydroxylation sites is 1. The lowest BCUT2D eigenvalue weighted by Gasteiger charge is -2.05. The number of rotatable bonds is 2. The summed E-state index contributed by atoms with van der Waals surface area (Å²) in [6.45, 7) is 0. The van der Waals surface area contributed by atoms with Gasteiger partial charge in [0.15, 0.2) is 11.5 Å². The normalized spacial score (nSPS) is 10.8. The number of halogens is 2. The minimum absolute atomic E-state index is 0.115. The van der Waals surface area contributed by atoms with E-state index < -0.39 is 0 Å². The molecule has 0 aliphatic heterocycles. The van der Waals surface area contributed by atoms with Crippen molar-refractivity contribution in [1.82, 2.24) is 19.9 Å². The van der Waals surface area contributed by atoms with Crippen LogP contribution in [0.3, 0.4) is 0 Å². The fourth-order valence-corrected chi connectivity index (χ4v) is 1.93. The Labute approximate surface area is 112 Å². The molecule has 2 aromatic heterocycles. The number of anilines is 2. The van der Waals surface area contributed by atoms with Crippen LogP contribution in [0.4, 0.5) is 11.5 Å². The quantitative estimate of drug-likeness (QED) is 0.557. The van der Waals surface area contributed by atoms with Crippen molar-refractivity contribution in [2.75, 3.05) is 5.32 Å². The van der Waals surface area contributed by atoms with Crippen molar-refractivity contribution in [3.8, 4) is 0 Å². The maximum Gasteiger partial charge on any atom is 0.226 e. The SMILES string of the molecule is Clc1nc(Nc2ccccc2)c2[nH]c(Cl)nc2n1. The summed E-state index contributed by atoms with van der Waals surface area (Å²) in [6, 6.07) is 9.60. The summed E-state index contributed by atoms with van der Waals surface area (Å²) in [5, 5.41) is 3.50. The zero-order valence-electron chi connectivity index (χ0n) is 8.98. The molecule has 0 saturated heterocycles. The summed E-state index contributed by atoms with van der Waals surface area (Å²) in [7, 11) is 0. The molecule has 5 nitrogen and oxygen atoms in total. The summed E-state index contributed by atoms with van der Waals surface area (Å²) in [4.78, 5) is 15.0. The molecule has 1 aromatic carbocycles. The van der Waals surface area contributed by atoms with Gasteiger partial charge in [0, 0.05) is 5.69 Å². The van der Waals surface area contributed by atoms with Crippen LogP contribution in [0.5, 0.6) is 0 Å². The predicted octanol–water partition coefficient (Wildman–Crippen LogP) is 3.40. The fourth-order valence-electron chi connectivity index (χ4n) is 1.59. The highest BCUT2D eigenvalue weighted by atomic mass is 35.5. The van der Waals surface area contributed by atoms with E-state index in [1.54, 1.807) is 0 Å². The van der Waals surface area contributed by atoms with Crippen LogP contribution in [-0.2, 0) is 0 Å².